The lowest BCUT2D eigenvalue weighted by Crippen LogP contribution is -2.57. The summed E-state index contributed by atoms with van der Waals surface area (Å²) in [4.78, 5) is 183. The second kappa shape index (κ2) is 54.6. The van der Waals surface area contributed by atoms with E-state index in [-0.39, 0.29) is 86.2 Å². The molecule has 2 unspecified atom stereocenters. The van der Waals surface area contributed by atoms with Gasteiger partial charge in [0.15, 0.2) is 0 Å². The Bertz CT molecular complexity index is 3400. The van der Waals surface area contributed by atoms with E-state index in [0.717, 1.165) is 17.7 Å². The smallest absolute Gasteiger partial charge is 0.327 e. The van der Waals surface area contributed by atoms with Gasteiger partial charge in [0.1, 0.15) is 36.3 Å². The topological polar surface area (TPSA) is 484 Å². The molecule has 3 fully saturated rings. The SMILES string of the molecule is CCCC[C@H](NC(=O)CCC(=O)NCCCOCCOCCOCCCNC(=O)CN1CCN(C(=O)C(CNCC)CNCCN)CC1)C(=O)N=CC(CSCc1cccc(CSC[C@H](NC(=O)[C@H](Cc2ccccc2)NC(=O)[C@H](CCC(=O)O)NC(=O)[C@@H](C)[C@@H](C)O)C(=O)O)c1)C(=O)N1CCC[C@H]1C(=O)N1CCC[C@H]1C(N)=O. The Labute approximate surface area is 677 Å². The van der Waals surface area contributed by atoms with Crippen molar-refractivity contribution in [2.75, 3.05) is 143 Å². The van der Waals surface area contributed by atoms with Gasteiger partial charge in [-0.25, -0.2) is 9.79 Å². The highest BCUT2D eigenvalue weighted by Gasteiger charge is 2.43. The molecule has 34 nitrogen and oxygen atoms in total. The van der Waals surface area contributed by atoms with Crippen LogP contribution in [0.1, 0.15) is 128 Å². The number of primary amides is 1. The fourth-order valence-electron chi connectivity index (χ4n) is 12.9. The van der Waals surface area contributed by atoms with Gasteiger partial charge in [-0.05, 0) is 81.5 Å². The van der Waals surface area contributed by atoms with Crippen LogP contribution in [-0.4, -0.2) is 303 Å². The zero-order chi connectivity index (χ0) is 83.2. The van der Waals surface area contributed by atoms with Crippen LogP contribution in [0.3, 0.4) is 0 Å². The van der Waals surface area contributed by atoms with Crippen molar-refractivity contribution in [3.8, 4) is 0 Å². The third-order valence-electron chi connectivity index (χ3n) is 19.6. The number of nitrogens with zero attached hydrogens (tertiary/aromatic N) is 5. The van der Waals surface area contributed by atoms with Gasteiger partial charge >= 0.3 is 11.9 Å². The number of benzene rings is 2. The van der Waals surface area contributed by atoms with Gasteiger partial charge in [0, 0.05) is 147 Å². The van der Waals surface area contributed by atoms with Gasteiger partial charge in [-0.1, -0.05) is 88.2 Å². The number of hydrogen-bond acceptors (Lipinski definition) is 23. The van der Waals surface area contributed by atoms with E-state index in [2.05, 4.69) is 52.4 Å². The Morgan fingerprint density at radius 1 is 0.596 bits per heavy atom. The van der Waals surface area contributed by atoms with E-state index in [9.17, 15) is 77.6 Å². The molecule has 3 aliphatic heterocycles. The first-order valence-electron chi connectivity index (χ1n) is 39.8. The van der Waals surface area contributed by atoms with Crippen molar-refractivity contribution in [1.82, 2.24) is 62.1 Å². The molecule has 0 bridgehead atoms. The van der Waals surface area contributed by atoms with E-state index < -0.39 is 114 Å². The van der Waals surface area contributed by atoms with Crippen molar-refractivity contribution in [3.05, 3.63) is 71.3 Å². The molecular formula is C78H123N15O19S2. The Kier molecular flexibility index (Phi) is 46.2. The van der Waals surface area contributed by atoms with Gasteiger partial charge in [-0.2, -0.15) is 23.5 Å². The molecular weight excluding hydrogens is 1520 g/mol. The highest BCUT2D eigenvalue weighted by Crippen LogP contribution is 2.28. The first kappa shape index (κ1) is 96.4. The van der Waals surface area contributed by atoms with Crippen molar-refractivity contribution >= 4 is 107 Å². The number of aliphatic hydroxyl groups is 1. The van der Waals surface area contributed by atoms with Crippen molar-refractivity contribution in [2.24, 2.45) is 34.2 Å². The van der Waals surface area contributed by atoms with E-state index in [1.807, 2.05) is 43.0 Å². The number of likely N-dealkylation sites (tertiary alicyclic amines) is 2. The minimum atomic E-state index is -1.44. The summed E-state index contributed by atoms with van der Waals surface area (Å²) < 4.78 is 16.9. The second-order valence-corrected chi connectivity index (χ2v) is 30.7. The number of piperazine rings is 1. The summed E-state index contributed by atoms with van der Waals surface area (Å²) >= 11 is 2.57. The average Bonchev–Trinajstić information content (AvgIpc) is 1.53. The number of carbonyl (C=O) groups excluding carboxylic acids is 11. The zero-order valence-corrected chi connectivity index (χ0v) is 68.1. The quantitative estimate of drug-likeness (QED) is 0.0305. The number of nitrogens with two attached hydrogens (primary N) is 2. The van der Waals surface area contributed by atoms with Gasteiger partial charge in [0.05, 0.1) is 56.8 Å². The molecule has 5 rings (SSSR count). The number of nitrogens with one attached hydrogen (secondary N) is 8. The molecule has 0 saturated carbocycles. The summed E-state index contributed by atoms with van der Waals surface area (Å²) in [5.41, 5.74) is 13.5. The van der Waals surface area contributed by atoms with Crippen LogP contribution in [0.2, 0.25) is 0 Å². The molecule has 3 heterocycles. The zero-order valence-electron chi connectivity index (χ0n) is 66.5. The van der Waals surface area contributed by atoms with Gasteiger partial charge < -0.3 is 98.2 Å². The largest absolute Gasteiger partial charge is 0.481 e. The number of aliphatic hydroxyl groups excluding tert-OH is 1. The summed E-state index contributed by atoms with van der Waals surface area (Å²) in [6, 6.07) is 8.99. The molecule has 0 aliphatic carbocycles. The third-order valence-corrected chi connectivity index (χ3v) is 21.8. The standard InChI is InChI=1S/C78H123N15O19S2/c1-5-7-20-60(86-67(96)25-24-66(95)83-28-14-37-110-39-41-112-42-40-111-38-15-29-84-68(97)48-90-33-35-91(36-34-90)75(105)58(45-81-6-2)46-82-30-27-79)72(102)85-47-59(76(106)93-32-13-22-65(93)77(107)92-31-12-21-64(92)70(80)100)51-113-49-56-18-11-19-57(43-56)50-114-52-63(78(108)109)89-74(104)62(44-55-16-9-8-10-17-55)88-73(103)61(23-26-69(98)99)87-71(101)53(3)54(4)94/h8-11,16-19,43,47,53-54,58-65,81-82,94H,5-7,12-15,20-42,44-46,48-52,79H2,1-4H3,(H2,80,100)(H,83,95)(H,84,97)(H,86,96)(H,87,101)(H,88,103)(H,89,104)(H,98,99)(H,108,109)/t53-,54+,58?,59?,60-,61-,62-,63-,64-,65-/m0/s1. The normalized spacial score (nSPS) is 17.2. The summed E-state index contributed by atoms with van der Waals surface area (Å²) in [6.07, 6.45) is 3.25. The molecule has 36 heteroatoms. The fraction of sp³-hybridized carbons (Fsp3) is 0.667. The molecule has 0 radical (unpaired) electrons. The number of carboxylic acids is 2. The minimum absolute atomic E-state index is 0.0736. The molecule has 2 aromatic carbocycles. The fourth-order valence-corrected chi connectivity index (χ4v) is 14.9. The molecule has 0 aromatic heterocycles. The van der Waals surface area contributed by atoms with Crippen LogP contribution >= 0.6 is 23.5 Å². The number of aliphatic imine (C=N–C) groups is 1. The van der Waals surface area contributed by atoms with E-state index >= 15 is 0 Å². The number of ether oxygens (including phenoxy) is 3. The first-order valence-corrected chi connectivity index (χ1v) is 42.1. The maximum atomic E-state index is 14.8. The molecule has 3 saturated heterocycles. The highest BCUT2D eigenvalue weighted by atomic mass is 32.2. The number of hydrogen-bond donors (Lipinski definition) is 13. The first-order chi connectivity index (χ1) is 54.8. The summed E-state index contributed by atoms with van der Waals surface area (Å²) in [5.74, 6) is -9.70. The van der Waals surface area contributed by atoms with Crippen LogP contribution in [0, 0.1) is 17.8 Å². The van der Waals surface area contributed by atoms with Crippen LogP contribution in [-0.2, 0) is 94.5 Å². The van der Waals surface area contributed by atoms with E-state index in [4.69, 9.17) is 25.7 Å². The lowest BCUT2D eigenvalue weighted by atomic mass is 10.0. The second-order valence-electron chi connectivity index (χ2n) is 28.6. The van der Waals surface area contributed by atoms with Gasteiger partial charge in [0.2, 0.25) is 59.1 Å². The Morgan fingerprint density at radius 3 is 1.79 bits per heavy atom. The number of unbranched alkanes of at least 4 members (excludes halogenated alkanes) is 1. The highest BCUT2D eigenvalue weighted by molar-refractivity contribution is 7.98. The van der Waals surface area contributed by atoms with Crippen molar-refractivity contribution in [3.63, 3.8) is 0 Å². The number of rotatable bonds is 57. The monoisotopic (exact) mass is 1640 g/mol. The molecule has 11 amide bonds. The Balaban J connectivity index is 1.06. The van der Waals surface area contributed by atoms with E-state index in [1.165, 1.54) is 53.4 Å². The van der Waals surface area contributed by atoms with Gasteiger partial charge in [-0.3, -0.25) is 62.4 Å². The summed E-state index contributed by atoms with van der Waals surface area (Å²) in [6.45, 7) is 16.0. The number of carbonyl (C=O) groups is 13. The number of thioether (sulfide) groups is 2. The molecule has 2 aromatic rings. The lowest BCUT2D eigenvalue weighted by molar-refractivity contribution is -0.146. The number of amides is 11. The molecule has 0 spiro atoms. The predicted molar refractivity (Wildman–Crippen MR) is 431 cm³/mol. The van der Waals surface area contributed by atoms with Crippen LogP contribution in [0.4, 0.5) is 0 Å². The average molecular weight is 1640 g/mol. The summed E-state index contributed by atoms with van der Waals surface area (Å²) in [7, 11) is 0. The van der Waals surface area contributed by atoms with Crippen LogP contribution in [0.15, 0.2) is 59.6 Å². The predicted octanol–water partition coefficient (Wildman–Crippen LogP) is -0.0669. The molecule has 636 valence electrons. The van der Waals surface area contributed by atoms with E-state index in [1.54, 1.807) is 30.3 Å². The lowest BCUT2D eigenvalue weighted by Gasteiger charge is -2.36. The van der Waals surface area contributed by atoms with E-state index in [0.29, 0.717) is 180 Å². The van der Waals surface area contributed by atoms with Crippen LogP contribution in [0.25, 0.3) is 0 Å². The van der Waals surface area contributed by atoms with Gasteiger partial charge in [-0.15, -0.1) is 0 Å². The minimum Gasteiger partial charge on any atom is -0.481 e. The van der Waals surface area contributed by atoms with Gasteiger partial charge in [0.25, 0.3) is 5.91 Å². The number of carboxylic acid groups (broad SMARTS) is 2. The molecule has 10 atom stereocenters. The van der Waals surface area contributed by atoms with Crippen LogP contribution < -0.4 is 54.0 Å². The van der Waals surface area contributed by atoms with Crippen molar-refractivity contribution in [2.45, 2.75) is 171 Å². The maximum absolute atomic E-state index is 14.8. The molecule has 15 N–H and O–H groups in total. The van der Waals surface area contributed by atoms with Crippen LogP contribution in [0.5, 0.6) is 0 Å². The van der Waals surface area contributed by atoms with Crippen molar-refractivity contribution in [1.29, 1.82) is 0 Å². The Morgan fingerprint density at radius 2 is 1.18 bits per heavy atom. The maximum Gasteiger partial charge on any atom is 0.327 e. The number of aliphatic carboxylic acids is 2. The third kappa shape index (κ3) is 36.3. The summed E-state index contributed by atoms with van der Waals surface area (Å²) in [5, 5.41) is 52.3. The Hall–Kier alpha value is -8.20. The van der Waals surface area contributed by atoms with Crippen molar-refractivity contribution < 1.29 is 91.9 Å². The molecule has 114 heavy (non-hydrogen) atoms. The molecule has 3 aliphatic rings.